The van der Waals surface area contributed by atoms with Crippen LogP contribution in [0, 0.1) is 0 Å². The lowest BCUT2D eigenvalue weighted by molar-refractivity contribution is 0.147. The second-order valence-corrected chi connectivity index (χ2v) is 4.37. The summed E-state index contributed by atoms with van der Waals surface area (Å²) >= 11 is 0. The van der Waals surface area contributed by atoms with Crippen molar-refractivity contribution in [3.8, 4) is 0 Å². The molecule has 0 radical (unpaired) electrons. The minimum atomic E-state index is -0.792. The summed E-state index contributed by atoms with van der Waals surface area (Å²) in [4.78, 5) is 11.5. The molecule has 2 amide bonds. The van der Waals surface area contributed by atoms with Crippen LogP contribution < -0.4 is 10.6 Å². The standard InChI is InChI=1S/C12H18N2O3/c15-10(11-6-3-7-17-11)8-13-12(16)14-9-4-1-2-5-9/h3,6-7,9-10,15H,1-2,4-5,8H2,(H2,13,14,16). The SMILES string of the molecule is O=C(NCC(O)c1ccco1)NC1CCCC1. The molecule has 1 atom stereocenters. The molecule has 0 aliphatic heterocycles. The lowest BCUT2D eigenvalue weighted by Gasteiger charge is -2.14. The highest BCUT2D eigenvalue weighted by Crippen LogP contribution is 2.17. The number of aliphatic hydroxyl groups excluding tert-OH is 1. The highest BCUT2D eigenvalue weighted by atomic mass is 16.4. The molecule has 1 aromatic rings. The minimum Gasteiger partial charge on any atom is -0.467 e. The number of hydrogen-bond acceptors (Lipinski definition) is 3. The van der Waals surface area contributed by atoms with E-state index in [-0.39, 0.29) is 18.6 Å². The lowest BCUT2D eigenvalue weighted by atomic mass is 10.2. The summed E-state index contributed by atoms with van der Waals surface area (Å²) in [5.74, 6) is 0.464. The van der Waals surface area contributed by atoms with Crippen LogP contribution in [0.15, 0.2) is 22.8 Å². The van der Waals surface area contributed by atoms with Crippen molar-refractivity contribution in [2.24, 2.45) is 0 Å². The molecule has 17 heavy (non-hydrogen) atoms. The first-order valence-corrected chi connectivity index (χ1v) is 6.01. The summed E-state index contributed by atoms with van der Waals surface area (Å²) < 4.78 is 5.04. The normalized spacial score (nSPS) is 17.9. The Hall–Kier alpha value is -1.49. The molecule has 5 heteroatoms. The topological polar surface area (TPSA) is 74.5 Å². The summed E-state index contributed by atoms with van der Waals surface area (Å²) in [6.07, 6.45) is 5.17. The van der Waals surface area contributed by atoms with Gasteiger partial charge in [-0.25, -0.2) is 4.79 Å². The summed E-state index contributed by atoms with van der Waals surface area (Å²) in [5, 5.41) is 15.2. The number of nitrogens with one attached hydrogen (secondary N) is 2. The molecule has 2 rings (SSSR count). The Labute approximate surface area is 100 Å². The first-order chi connectivity index (χ1) is 8.25. The van der Waals surface area contributed by atoms with Crippen LogP contribution in [-0.4, -0.2) is 23.7 Å². The van der Waals surface area contributed by atoms with Gasteiger partial charge in [0.1, 0.15) is 11.9 Å². The first kappa shape index (κ1) is 12.0. The molecule has 1 unspecified atom stereocenters. The van der Waals surface area contributed by atoms with Crippen LogP contribution in [0.2, 0.25) is 0 Å². The minimum absolute atomic E-state index is 0.159. The zero-order valence-corrected chi connectivity index (χ0v) is 9.69. The van der Waals surface area contributed by atoms with Gasteiger partial charge in [-0.15, -0.1) is 0 Å². The molecule has 1 aliphatic rings. The third kappa shape index (κ3) is 3.49. The van der Waals surface area contributed by atoms with Gasteiger partial charge in [0.15, 0.2) is 0 Å². The molecule has 0 saturated heterocycles. The van der Waals surface area contributed by atoms with Crippen LogP contribution in [-0.2, 0) is 0 Å². The molecule has 1 aliphatic carbocycles. The van der Waals surface area contributed by atoms with Gasteiger partial charge < -0.3 is 20.2 Å². The van der Waals surface area contributed by atoms with E-state index in [1.165, 1.54) is 19.1 Å². The maximum atomic E-state index is 11.5. The number of urea groups is 1. The van der Waals surface area contributed by atoms with Crippen molar-refractivity contribution in [1.82, 2.24) is 10.6 Å². The molecule has 0 aromatic carbocycles. The largest absolute Gasteiger partial charge is 0.467 e. The molecule has 1 fully saturated rings. The molecule has 94 valence electrons. The Kier molecular flexibility index (Phi) is 4.03. The van der Waals surface area contributed by atoms with Crippen LogP contribution in [0.4, 0.5) is 4.79 Å². The molecule has 3 N–H and O–H groups in total. The maximum Gasteiger partial charge on any atom is 0.315 e. The van der Waals surface area contributed by atoms with Gasteiger partial charge in [-0.2, -0.15) is 0 Å². The van der Waals surface area contributed by atoms with E-state index < -0.39 is 6.10 Å². The number of aliphatic hydroxyl groups is 1. The third-order valence-electron chi connectivity index (χ3n) is 3.02. The van der Waals surface area contributed by atoms with E-state index in [0.717, 1.165) is 12.8 Å². The fourth-order valence-electron chi connectivity index (χ4n) is 2.08. The van der Waals surface area contributed by atoms with Crippen LogP contribution in [0.1, 0.15) is 37.5 Å². The van der Waals surface area contributed by atoms with Gasteiger partial charge in [0.05, 0.1) is 12.8 Å². The molecule has 5 nitrogen and oxygen atoms in total. The average molecular weight is 238 g/mol. The van der Waals surface area contributed by atoms with E-state index in [0.29, 0.717) is 5.76 Å². The summed E-state index contributed by atoms with van der Waals surface area (Å²) in [5.41, 5.74) is 0. The summed E-state index contributed by atoms with van der Waals surface area (Å²) in [7, 11) is 0. The van der Waals surface area contributed by atoms with Crippen LogP contribution in [0.5, 0.6) is 0 Å². The van der Waals surface area contributed by atoms with Crippen molar-refractivity contribution >= 4 is 6.03 Å². The van der Waals surface area contributed by atoms with Gasteiger partial charge in [-0.3, -0.25) is 0 Å². The number of amides is 2. The quantitative estimate of drug-likeness (QED) is 0.745. The predicted octanol–water partition coefficient (Wildman–Crippen LogP) is 1.55. The van der Waals surface area contributed by atoms with Crippen molar-refractivity contribution in [3.05, 3.63) is 24.2 Å². The van der Waals surface area contributed by atoms with Crippen LogP contribution >= 0.6 is 0 Å². The highest BCUT2D eigenvalue weighted by Gasteiger charge is 2.18. The van der Waals surface area contributed by atoms with Gasteiger partial charge in [0, 0.05) is 6.04 Å². The van der Waals surface area contributed by atoms with Crippen molar-refractivity contribution in [3.63, 3.8) is 0 Å². The molecular formula is C12H18N2O3. The Morgan fingerprint density at radius 1 is 1.53 bits per heavy atom. The number of carbonyl (C=O) groups is 1. The van der Waals surface area contributed by atoms with E-state index >= 15 is 0 Å². The fourth-order valence-corrected chi connectivity index (χ4v) is 2.08. The number of hydrogen-bond donors (Lipinski definition) is 3. The maximum absolute atomic E-state index is 11.5. The second kappa shape index (κ2) is 5.72. The van der Waals surface area contributed by atoms with Crippen molar-refractivity contribution < 1.29 is 14.3 Å². The molecule has 0 spiro atoms. The Morgan fingerprint density at radius 3 is 2.94 bits per heavy atom. The summed E-state index contributed by atoms with van der Waals surface area (Å²) in [6, 6.07) is 3.46. The lowest BCUT2D eigenvalue weighted by Crippen LogP contribution is -2.42. The molecular weight excluding hydrogens is 220 g/mol. The van der Waals surface area contributed by atoms with Crippen molar-refractivity contribution in [2.75, 3.05) is 6.54 Å². The number of carbonyl (C=O) groups excluding carboxylic acids is 1. The van der Waals surface area contributed by atoms with Crippen molar-refractivity contribution in [1.29, 1.82) is 0 Å². The second-order valence-electron chi connectivity index (χ2n) is 4.37. The van der Waals surface area contributed by atoms with E-state index in [1.807, 2.05) is 0 Å². The Bertz CT molecular complexity index is 345. The average Bonchev–Trinajstić information content (AvgIpc) is 2.97. The van der Waals surface area contributed by atoms with E-state index in [2.05, 4.69) is 10.6 Å². The van der Waals surface area contributed by atoms with Gasteiger partial charge in [-0.05, 0) is 25.0 Å². The Balaban J connectivity index is 1.68. The van der Waals surface area contributed by atoms with Gasteiger partial charge in [0.25, 0.3) is 0 Å². The van der Waals surface area contributed by atoms with Gasteiger partial charge in [0.2, 0.25) is 0 Å². The van der Waals surface area contributed by atoms with E-state index in [1.54, 1.807) is 12.1 Å². The number of furan rings is 1. The predicted molar refractivity (Wildman–Crippen MR) is 62.5 cm³/mol. The summed E-state index contributed by atoms with van der Waals surface area (Å²) in [6.45, 7) is 0.159. The fraction of sp³-hybridized carbons (Fsp3) is 0.583. The van der Waals surface area contributed by atoms with Crippen LogP contribution in [0.3, 0.4) is 0 Å². The molecule has 0 bridgehead atoms. The smallest absolute Gasteiger partial charge is 0.315 e. The zero-order valence-electron chi connectivity index (χ0n) is 9.69. The van der Waals surface area contributed by atoms with Crippen molar-refractivity contribution in [2.45, 2.75) is 37.8 Å². The third-order valence-corrected chi connectivity index (χ3v) is 3.02. The Morgan fingerprint density at radius 2 is 2.29 bits per heavy atom. The monoisotopic (exact) mass is 238 g/mol. The molecule has 1 aromatic heterocycles. The highest BCUT2D eigenvalue weighted by molar-refractivity contribution is 5.74. The molecule has 1 saturated carbocycles. The first-order valence-electron chi connectivity index (χ1n) is 6.01. The zero-order chi connectivity index (χ0) is 12.1. The number of rotatable bonds is 4. The molecule has 1 heterocycles. The van der Waals surface area contributed by atoms with E-state index in [9.17, 15) is 9.90 Å². The van der Waals surface area contributed by atoms with E-state index in [4.69, 9.17) is 4.42 Å². The van der Waals surface area contributed by atoms with Gasteiger partial charge >= 0.3 is 6.03 Å². The van der Waals surface area contributed by atoms with Crippen LogP contribution in [0.25, 0.3) is 0 Å². The van der Waals surface area contributed by atoms with Gasteiger partial charge in [-0.1, -0.05) is 12.8 Å².